The van der Waals surface area contributed by atoms with Gasteiger partial charge in [0.05, 0.1) is 18.1 Å². The van der Waals surface area contributed by atoms with Crippen LogP contribution < -0.4 is 10.6 Å². The van der Waals surface area contributed by atoms with Gasteiger partial charge in [-0.1, -0.05) is 17.7 Å². The van der Waals surface area contributed by atoms with Crippen LogP contribution in [-0.4, -0.2) is 50.0 Å². The number of carbonyl (C=O) groups excluding carboxylic acids is 1. The Balaban J connectivity index is 1.62. The standard InChI is InChI=1S/C19H21N3O4S2/c1-14-3-2-4-15(13-14)18(23)21-19(27)20-16-5-7-17(8-6-16)28(24,25)22-9-11-26-12-10-22/h2-8,13H,9-12H2,1H3,(H2,20,21,23,27). The van der Waals surface area contributed by atoms with Gasteiger partial charge in [0, 0.05) is 24.3 Å². The van der Waals surface area contributed by atoms with E-state index in [1.807, 2.05) is 13.0 Å². The van der Waals surface area contributed by atoms with Gasteiger partial charge in [-0.05, 0) is 55.5 Å². The number of sulfonamides is 1. The highest BCUT2D eigenvalue weighted by atomic mass is 32.2. The summed E-state index contributed by atoms with van der Waals surface area (Å²) in [5, 5.41) is 5.63. The van der Waals surface area contributed by atoms with Gasteiger partial charge in [0.2, 0.25) is 10.0 Å². The van der Waals surface area contributed by atoms with E-state index in [-0.39, 0.29) is 15.9 Å². The number of amides is 1. The highest BCUT2D eigenvalue weighted by molar-refractivity contribution is 7.89. The number of anilines is 1. The second-order valence-corrected chi connectivity index (χ2v) is 8.66. The van der Waals surface area contributed by atoms with Crippen molar-refractivity contribution < 1.29 is 17.9 Å². The molecule has 1 aliphatic heterocycles. The van der Waals surface area contributed by atoms with E-state index in [1.165, 1.54) is 16.4 Å². The van der Waals surface area contributed by atoms with Crippen molar-refractivity contribution in [2.45, 2.75) is 11.8 Å². The van der Waals surface area contributed by atoms with E-state index in [1.54, 1.807) is 30.3 Å². The van der Waals surface area contributed by atoms with Crippen molar-refractivity contribution >= 4 is 38.9 Å². The molecule has 0 unspecified atom stereocenters. The number of hydrogen-bond donors (Lipinski definition) is 2. The Morgan fingerprint density at radius 2 is 1.79 bits per heavy atom. The van der Waals surface area contributed by atoms with Crippen molar-refractivity contribution in [3.63, 3.8) is 0 Å². The number of aryl methyl sites for hydroxylation is 1. The predicted octanol–water partition coefficient (Wildman–Crippen LogP) is 2.14. The third-order valence-corrected chi connectivity index (χ3v) is 6.34. The Kier molecular flexibility index (Phi) is 6.40. The van der Waals surface area contributed by atoms with Crippen LogP contribution in [0.15, 0.2) is 53.4 Å². The first kappa shape index (κ1) is 20.4. The number of hydrogen-bond acceptors (Lipinski definition) is 5. The van der Waals surface area contributed by atoms with Crippen molar-refractivity contribution in [1.82, 2.24) is 9.62 Å². The van der Waals surface area contributed by atoms with Crippen LogP contribution in [0.25, 0.3) is 0 Å². The first-order valence-corrected chi connectivity index (χ1v) is 10.6. The summed E-state index contributed by atoms with van der Waals surface area (Å²) >= 11 is 5.17. The maximum atomic E-state index is 12.6. The van der Waals surface area contributed by atoms with Gasteiger partial charge in [-0.3, -0.25) is 10.1 Å². The lowest BCUT2D eigenvalue weighted by atomic mass is 10.1. The fourth-order valence-electron chi connectivity index (χ4n) is 2.77. The summed E-state index contributed by atoms with van der Waals surface area (Å²) in [6, 6.07) is 13.4. The van der Waals surface area contributed by atoms with Crippen LogP contribution in [0.4, 0.5) is 5.69 Å². The van der Waals surface area contributed by atoms with Crippen molar-refractivity contribution in [1.29, 1.82) is 0 Å². The molecule has 2 aromatic rings. The van der Waals surface area contributed by atoms with E-state index in [0.29, 0.717) is 37.6 Å². The molecule has 0 aromatic heterocycles. The van der Waals surface area contributed by atoms with Gasteiger partial charge in [0.15, 0.2) is 5.11 Å². The Morgan fingerprint density at radius 1 is 1.11 bits per heavy atom. The minimum Gasteiger partial charge on any atom is -0.379 e. The molecule has 0 radical (unpaired) electrons. The molecule has 2 aromatic carbocycles. The molecule has 148 valence electrons. The van der Waals surface area contributed by atoms with Gasteiger partial charge in [-0.15, -0.1) is 0 Å². The Morgan fingerprint density at radius 3 is 2.43 bits per heavy atom. The van der Waals surface area contributed by atoms with E-state index >= 15 is 0 Å². The highest BCUT2D eigenvalue weighted by Crippen LogP contribution is 2.19. The van der Waals surface area contributed by atoms with Crippen molar-refractivity contribution in [3.05, 3.63) is 59.7 Å². The smallest absolute Gasteiger partial charge is 0.257 e. The van der Waals surface area contributed by atoms with Crippen LogP contribution in [0, 0.1) is 6.92 Å². The fourth-order valence-corrected chi connectivity index (χ4v) is 4.39. The topological polar surface area (TPSA) is 87.7 Å². The molecule has 3 rings (SSSR count). The quantitative estimate of drug-likeness (QED) is 0.739. The third kappa shape index (κ3) is 4.93. The highest BCUT2D eigenvalue weighted by Gasteiger charge is 2.26. The molecule has 2 N–H and O–H groups in total. The molecule has 1 amide bonds. The minimum absolute atomic E-state index is 0.135. The summed E-state index contributed by atoms with van der Waals surface area (Å²) < 4.78 is 31.8. The van der Waals surface area contributed by atoms with Crippen LogP contribution in [0.3, 0.4) is 0 Å². The first-order valence-electron chi connectivity index (χ1n) is 8.73. The van der Waals surface area contributed by atoms with Crippen LogP contribution in [-0.2, 0) is 14.8 Å². The van der Waals surface area contributed by atoms with Gasteiger partial charge in [0.25, 0.3) is 5.91 Å². The minimum atomic E-state index is -3.54. The second-order valence-electron chi connectivity index (χ2n) is 6.32. The summed E-state index contributed by atoms with van der Waals surface area (Å²) in [5.74, 6) is -0.312. The normalized spacial score (nSPS) is 15.0. The summed E-state index contributed by atoms with van der Waals surface area (Å²) in [5.41, 5.74) is 2.06. The van der Waals surface area contributed by atoms with Gasteiger partial charge < -0.3 is 10.1 Å². The van der Waals surface area contributed by atoms with Gasteiger partial charge in [0.1, 0.15) is 0 Å². The second kappa shape index (κ2) is 8.78. The maximum Gasteiger partial charge on any atom is 0.257 e. The molecule has 0 spiro atoms. The number of nitrogens with zero attached hydrogens (tertiary/aromatic N) is 1. The molecule has 7 nitrogen and oxygen atoms in total. The maximum absolute atomic E-state index is 12.6. The summed E-state index contributed by atoms with van der Waals surface area (Å²) in [6.07, 6.45) is 0. The zero-order chi connectivity index (χ0) is 20.1. The molecule has 1 aliphatic rings. The lowest BCUT2D eigenvalue weighted by molar-refractivity contribution is 0.0730. The number of morpholine rings is 1. The fraction of sp³-hybridized carbons (Fsp3) is 0.263. The number of ether oxygens (including phenoxy) is 1. The largest absolute Gasteiger partial charge is 0.379 e. The van der Waals surface area contributed by atoms with E-state index in [0.717, 1.165) is 5.56 Å². The van der Waals surface area contributed by atoms with Crippen molar-refractivity contribution in [2.75, 3.05) is 31.6 Å². The molecule has 0 atom stereocenters. The summed E-state index contributed by atoms with van der Waals surface area (Å²) in [7, 11) is -3.54. The van der Waals surface area contributed by atoms with Crippen LogP contribution >= 0.6 is 12.2 Å². The van der Waals surface area contributed by atoms with E-state index in [4.69, 9.17) is 17.0 Å². The van der Waals surface area contributed by atoms with Crippen LogP contribution in [0.1, 0.15) is 15.9 Å². The average Bonchev–Trinajstić information content (AvgIpc) is 2.69. The molecule has 28 heavy (non-hydrogen) atoms. The summed E-state index contributed by atoms with van der Waals surface area (Å²) in [6.45, 7) is 3.39. The van der Waals surface area contributed by atoms with Crippen LogP contribution in [0.2, 0.25) is 0 Å². The van der Waals surface area contributed by atoms with Crippen LogP contribution in [0.5, 0.6) is 0 Å². The van der Waals surface area contributed by atoms with E-state index in [2.05, 4.69) is 10.6 Å². The third-order valence-electron chi connectivity index (χ3n) is 4.23. The molecule has 0 aliphatic carbocycles. The van der Waals surface area contributed by atoms with E-state index < -0.39 is 10.0 Å². The number of rotatable bonds is 4. The van der Waals surface area contributed by atoms with Crippen molar-refractivity contribution in [3.8, 4) is 0 Å². The van der Waals surface area contributed by atoms with E-state index in [9.17, 15) is 13.2 Å². The number of benzene rings is 2. The molecule has 1 saturated heterocycles. The Hall–Kier alpha value is -2.33. The average molecular weight is 420 g/mol. The van der Waals surface area contributed by atoms with Gasteiger partial charge in [-0.2, -0.15) is 4.31 Å². The number of thiocarbonyl (C=S) groups is 1. The molecule has 0 bridgehead atoms. The predicted molar refractivity (Wildman–Crippen MR) is 111 cm³/mol. The molecule has 0 saturated carbocycles. The molecule has 1 fully saturated rings. The lowest BCUT2D eigenvalue weighted by Crippen LogP contribution is -2.40. The van der Waals surface area contributed by atoms with Gasteiger partial charge >= 0.3 is 0 Å². The Bertz CT molecular complexity index is 969. The molecular formula is C19H21N3O4S2. The zero-order valence-corrected chi connectivity index (χ0v) is 17.0. The first-order chi connectivity index (χ1) is 13.4. The zero-order valence-electron chi connectivity index (χ0n) is 15.3. The lowest BCUT2D eigenvalue weighted by Gasteiger charge is -2.26. The molecule has 9 heteroatoms. The van der Waals surface area contributed by atoms with Crippen molar-refractivity contribution in [2.24, 2.45) is 0 Å². The monoisotopic (exact) mass is 419 g/mol. The SMILES string of the molecule is Cc1cccc(C(=O)NC(=S)Nc2ccc(S(=O)(=O)N3CCOCC3)cc2)c1. The molecular weight excluding hydrogens is 398 g/mol. The van der Waals surface area contributed by atoms with Gasteiger partial charge in [-0.25, -0.2) is 8.42 Å². The number of nitrogens with one attached hydrogen (secondary N) is 2. The molecule has 1 heterocycles. The Labute approximate surface area is 169 Å². The number of carbonyl (C=O) groups is 1. The summed E-state index contributed by atoms with van der Waals surface area (Å²) in [4.78, 5) is 12.4.